The largest absolute Gasteiger partial charge is 0.481 e. The van der Waals surface area contributed by atoms with Gasteiger partial charge in [0.2, 0.25) is 0 Å². The number of carboxylic acids is 1. The minimum absolute atomic E-state index is 0.143. The van der Waals surface area contributed by atoms with Crippen LogP contribution in [0.2, 0.25) is 0 Å². The van der Waals surface area contributed by atoms with E-state index in [9.17, 15) is 4.79 Å². The molecule has 0 saturated heterocycles. The van der Waals surface area contributed by atoms with Crippen molar-refractivity contribution in [2.75, 3.05) is 0 Å². The number of hydrogen-bond acceptors (Lipinski definition) is 2. The molecule has 2 unspecified atom stereocenters. The minimum atomic E-state index is -0.706. The Hall–Kier alpha value is -2.10. The first-order chi connectivity index (χ1) is 8.25. The Labute approximate surface area is 98.5 Å². The molecule has 4 heteroatoms. The Morgan fingerprint density at radius 2 is 2.12 bits per heavy atom. The molecule has 2 atom stereocenters. The first kappa shape index (κ1) is 10.1. The monoisotopic (exact) mass is 228 g/mol. The zero-order valence-corrected chi connectivity index (χ0v) is 9.15. The molecule has 1 saturated carbocycles. The van der Waals surface area contributed by atoms with E-state index in [-0.39, 0.29) is 11.8 Å². The summed E-state index contributed by atoms with van der Waals surface area (Å²) in [5.41, 5.74) is 2.01. The van der Waals surface area contributed by atoms with Gasteiger partial charge < -0.3 is 5.11 Å². The molecule has 2 aromatic rings. The quantitative estimate of drug-likeness (QED) is 0.874. The van der Waals surface area contributed by atoms with E-state index >= 15 is 0 Å². The van der Waals surface area contributed by atoms with E-state index in [4.69, 9.17) is 5.11 Å². The summed E-state index contributed by atoms with van der Waals surface area (Å²) in [7, 11) is 0. The van der Waals surface area contributed by atoms with E-state index in [1.807, 2.05) is 36.5 Å². The predicted octanol–water partition coefficient (Wildman–Crippen LogP) is 2.06. The minimum Gasteiger partial charge on any atom is -0.481 e. The van der Waals surface area contributed by atoms with Crippen molar-refractivity contribution in [2.45, 2.75) is 12.3 Å². The summed E-state index contributed by atoms with van der Waals surface area (Å²) < 4.78 is 1.78. The number of para-hydroxylation sites is 1. The Kier molecular flexibility index (Phi) is 2.21. The molecular formula is C13H12N2O2. The number of carboxylic acid groups (broad SMARTS) is 1. The van der Waals surface area contributed by atoms with Crippen LogP contribution in [-0.4, -0.2) is 20.9 Å². The Balaban J connectivity index is 1.83. The van der Waals surface area contributed by atoms with Crippen LogP contribution in [0.1, 0.15) is 17.9 Å². The average Bonchev–Trinajstić information content (AvgIpc) is 3.01. The Morgan fingerprint density at radius 3 is 2.76 bits per heavy atom. The highest BCUT2D eigenvalue weighted by atomic mass is 16.4. The van der Waals surface area contributed by atoms with Crippen molar-refractivity contribution >= 4 is 5.97 Å². The molecule has 1 N–H and O–H groups in total. The molecule has 3 rings (SSSR count). The second kappa shape index (κ2) is 3.73. The third-order valence-electron chi connectivity index (χ3n) is 3.16. The van der Waals surface area contributed by atoms with Crippen LogP contribution in [0, 0.1) is 5.92 Å². The third kappa shape index (κ3) is 1.82. The maximum Gasteiger partial charge on any atom is 0.307 e. The van der Waals surface area contributed by atoms with Crippen molar-refractivity contribution in [3.05, 3.63) is 48.3 Å². The van der Waals surface area contributed by atoms with Crippen LogP contribution in [0.3, 0.4) is 0 Å². The third-order valence-corrected chi connectivity index (χ3v) is 3.16. The summed E-state index contributed by atoms with van der Waals surface area (Å²) in [5.74, 6) is -0.782. The van der Waals surface area contributed by atoms with Gasteiger partial charge in [-0.3, -0.25) is 4.79 Å². The number of hydrogen-bond donors (Lipinski definition) is 1. The van der Waals surface area contributed by atoms with Crippen LogP contribution in [0.15, 0.2) is 42.7 Å². The molecule has 1 aliphatic carbocycles. The Morgan fingerprint density at radius 1 is 1.35 bits per heavy atom. The topological polar surface area (TPSA) is 55.1 Å². The number of rotatable bonds is 3. The number of benzene rings is 1. The van der Waals surface area contributed by atoms with Gasteiger partial charge in [0.25, 0.3) is 0 Å². The van der Waals surface area contributed by atoms with Gasteiger partial charge in [0.15, 0.2) is 0 Å². The molecule has 1 aliphatic rings. The molecule has 4 nitrogen and oxygen atoms in total. The van der Waals surface area contributed by atoms with E-state index in [1.54, 1.807) is 10.9 Å². The van der Waals surface area contributed by atoms with Gasteiger partial charge in [-0.25, -0.2) is 4.68 Å². The van der Waals surface area contributed by atoms with Crippen LogP contribution in [-0.2, 0) is 4.79 Å². The van der Waals surface area contributed by atoms with E-state index < -0.39 is 5.97 Å². The smallest absolute Gasteiger partial charge is 0.307 e. The highest BCUT2D eigenvalue weighted by Crippen LogP contribution is 2.47. The predicted molar refractivity (Wildman–Crippen MR) is 62.0 cm³/mol. The number of aliphatic carboxylic acids is 1. The van der Waals surface area contributed by atoms with E-state index in [0.717, 1.165) is 17.7 Å². The van der Waals surface area contributed by atoms with Gasteiger partial charge in [0, 0.05) is 12.1 Å². The van der Waals surface area contributed by atoms with Gasteiger partial charge >= 0.3 is 5.97 Å². The molecule has 17 heavy (non-hydrogen) atoms. The summed E-state index contributed by atoms with van der Waals surface area (Å²) in [5, 5.41) is 13.1. The van der Waals surface area contributed by atoms with Crippen LogP contribution in [0.4, 0.5) is 0 Å². The van der Waals surface area contributed by atoms with Gasteiger partial charge in [-0.1, -0.05) is 18.2 Å². The number of aromatic nitrogens is 2. The fraction of sp³-hybridized carbons (Fsp3) is 0.231. The maximum atomic E-state index is 10.8. The summed E-state index contributed by atoms with van der Waals surface area (Å²) in [6, 6.07) is 9.80. The normalized spacial score (nSPS) is 22.4. The lowest BCUT2D eigenvalue weighted by Gasteiger charge is -1.98. The van der Waals surface area contributed by atoms with E-state index in [1.165, 1.54) is 0 Å². The summed E-state index contributed by atoms with van der Waals surface area (Å²) in [6.45, 7) is 0. The van der Waals surface area contributed by atoms with Gasteiger partial charge in [-0.2, -0.15) is 5.10 Å². The molecule has 0 amide bonds. The zero-order valence-electron chi connectivity index (χ0n) is 9.15. The van der Waals surface area contributed by atoms with Crippen molar-refractivity contribution in [3.63, 3.8) is 0 Å². The molecule has 0 bridgehead atoms. The van der Waals surface area contributed by atoms with Gasteiger partial charge in [0.05, 0.1) is 17.8 Å². The van der Waals surface area contributed by atoms with Crippen molar-refractivity contribution in [3.8, 4) is 5.69 Å². The first-order valence-electron chi connectivity index (χ1n) is 5.58. The molecule has 0 aliphatic heterocycles. The van der Waals surface area contributed by atoms with E-state index in [2.05, 4.69) is 5.10 Å². The molecule has 0 spiro atoms. The van der Waals surface area contributed by atoms with Crippen LogP contribution >= 0.6 is 0 Å². The summed E-state index contributed by atoms with van der Waals surface area (Å²) in [6.07, 6.45) is 4.42. The zero-order chi connectivity index (χ0) is 11.8. The molecule has 1 heterocycles. The molecule has 1 aromatic heterocycles. The molecular weight excluding hydrogens is 216 g/mol. The van der Waals surface area contributed by atoms with Gasteiger partial charge in [-0.05, 0) is 24.1 Å². The van der Waals surface area contributed by atoms with Crippen molar-refractivity contribution in [1.29, 1.82) is 0 Å². The summed E-state index contributed by atoms with van der Waals surface area (Å²) >= 11 is 0. The summed E-state index contributed by atoms with van der Waals surface area (Å²) in [4.78, 5) is 10.8. The highest BCUT2D eigenvalue weighted by molar-refractivity contribution is 5.75. The standard InChI is InChI=1S/C13H12N2O2/c16-13(17)12-6-11(12)9-7-14-15(8-9)10-4-2-1-3-5-10/h1-5,7-8,11-12H,6H2,(H,16,17). The Bertz CT molecular complexity index is 548. The molecule has 86 valence electrons. The van der Waals surface area contributed by atoms with Crippen molar-refractivity contribution in [2.24, 2.45) is 5.92 Å². The number of carbonyl (C=O) groups is 1. The maximum absolute atomic E-state index is 10.8. The second-order valence-corrected chi connectivity index (χ2v) is 4.34. The molecule has 0 radical (unpaired) electrons. The van der Waals surface area contributed by atoms with Crippen molar-refractivity contribution < 1.29 is 9.90 Å². The van der Waals surface area contributed by atoms with Gasteiger partial charge in [-0.15, -0.1) is 0 Å². The van der Waals surface area contributed by atoms with Crippen molar-refractivity contribution in [1.82, 2.24) is 9.78 Å². The molecule has 1 fully saturated rings. The first-order valence-corrected chi connectivity index (χ1v) is 5.58. The van der Waals surface area contributed by atoms with E-state index in [0.29, 0.717) is 0 Å². The van der Waals surface area contributed by atoms with Gasteiger partial charge in [0.1, 0.15) is 0 Å². The van der Waals surface area contributed by atoms with Crippen LogP contribution in [0.25, 0.3) is 5.69 Å². The fourth-order valence-electron chi connectivity index (χ4n) is 2.09. The lowest BCUT2D eigenvalue weighted by atomic mass is 10.2. The highest BCUT2D eigenvalue weighted by Gasteiger charge is 2.44. The lowest BCUT2D eigenvalue weighted by Crippen LogP contribution is -1.98. The lowest BCUT2D eigenvalue weighted by molar-refractivity contribution is -0.138. The van der Waals surface area contributed by atoms with Crippen LogP contribution in [0.5, 0.6) is 0 Å². The SMILES string of the molecule is O=C(O)C1CC1c1cnn(-c2ccccc2)c1. The second-order valence-electron chi connectivity index (χ2n) is 4.34. The number of nitrogens with zero attached hydrogens (tertiary/aromatic N) is 2. The average molecular weight is 228 g/mol. The molecule has 1 aromatic carbocycles. The fourth-order valence-corrected chi connectivity index (χ4v) is 2.09. The van der Waals surface area contributed by atoms with Crippen LogP contribution < -0.4 is 0 Å².